The van der Waals surface area contributed by atoms with Crippen molar-refractivity contribution in [2.75, 3.05) is 5.32 Å². The molecule has 6 heteroatoms. The fraction of sp³-hybridized carbons (Fsp3) is 0.333. The fourth-order valence-electron chi connectivity index (χ4n) is 3.26. The SMILES string of the molecule is [B]C(=O)NCc1ccc(NC2CCC(OC(=O)c3ccccc3)CC2)cc1. The number of anilines is 1. The molecule has 0 aliphatic heterocycles. The van der Waals surface area contributed by atoms with E-state index in [-0.39, 0.29) is 12.1 Å². The summed E-state index contributed by atoms with van der Waals surface area (Å²) in [5.74, 6) is -0.769. The quantitative estimate of drug-likeness (QED) is 0.608. The predicted molar refractivity (Wildman–Crippen MR) is 106 cm³/mol. The van der Waals surface area contributed by atoms with Crippen molar-refractivity contribution in [2.24, 2.45) is 0 Å². The third-order valence-electron chi connectivity index (χ3n) is 4.75. The standard InChI is InChI=1S/C21H23BN2O3/c22-21(26)23-14-15-6-8-17(9-7-15)24-18-10-12-19(13-11-18)27-20(25)16-4-2-1-3-5-16/h1-9,18-19,24H,10-14H2,(H,23,26). The summed E-state index contributed by atoms with van der Waals surface area (Å²) in [5.41, 5.74) is 2.64. The second-order valence-corrected chi connectivity index (χ2v) is 6.80. The average molecular weight is 362 g/mol. The van der Waals surface area contributed by atoms with E-state index in [1.165, 1.54) is 0 Å². The first-order chi connectivity index (χ1) is 13.1. The number of amides is 1. The second-order valence-electron chi connectivity index (χ2n) is 6.80. The fourth-order valence-corrected chi connectivity index (χ4v) is 3.26. The molecule has 1 amide bonds. The van der Waals surface area contributed by atoms with Crippen molar-refractivity contribution < 1.29 is 14.3 Å². The largest absolute Gasteiger partial charge is 0.459 e. The smallest absolute Gasteiger partial charge is 0.338 e. The minimum absolute atomic E-state index is 0.0157. The number of hydrogen-bond donors (Lipinski definition) is 2. The maximum Gasteiger partial charge on any atom is 0.338 e. The highest BCUT2D eigenvalue weighted by atomic mass is 16.5. The summed E-state index contributed by atoms with van der Waals surface area (Å²) in [5, 5.41) is 6.10. The molecule has 0 aromatic heterocycles. The summed E-state index contributed by atoms with van der Waals surface area (Å²) in [4.78, 5) is 22.9. The molecule has 1 saturated carbocycles. The van der Waals surface area contributed by atoms with Crippen molar-refractivity contribution in [3.8, 4) is 0 Å². The van der Waals surface area contributed by atoms with Gasteiger partial charge in [-0.1, -0.05) is 30.3 Å². The number of carbonyl (C=O) groups is 2. The summed E-state index contributed by atoms with van der Waals surface area (Å²) in [7, 11) is 5.07. The molecule has 1 fully saturated rings. The van der Waals surface area contributed by atoms with Crippen LogP contribution in [0.4, 0.5) is 10.5 Å². The van der Waals surface area contributed by atoms with Gasteiger partial charge in [-0.15, -0.1) is 0 Å². The van der Waals surface area contributed by atoms with Gasteiger partial charge >= 0.3 is 5.97 Å². The molecule has 0 atom stereocenters. The monoisotopic (exact) mass is 362 g/mol. The zero-order valence-corrected chi connectivity index (χ0v) is 15.2. The van der Waals surface area contributed by atoms with Crippen LogP contribution >= 0.6 is 0 Å². The second kappa shape index (κ2) is 9.26. The highest BCUT2D eigenvalue weighted by molar-refractivity contribution is 6.57. The Kier molecular flexibility index (Phi) is 6.52. The van der Waals surface area contributed by atoms with E-state index in [4.69, 9.17) is 12.6 Å². The Balaban J connectivity index is 1.43. The maximum atomic E-state index is 12.1. The maximum absolute atomic E-state index is 12.1. The third kappa shape index (κ3) is 5.88. The molecule has 0 unspecified atom stereocenters. The zero-order chi connectivity index (χ0) is 19.1. The lowest BCUT2D eigenvalue weighted by atomic mass is 9.92. The number of rotatable bonds is 6. The molecule has 0 bridgehead atoms. The highest BCUT2D eigenvalue weighted by Gasteiger charge is 2.24. The van der Waals surface area contributed by atoms with Crippen molar-refractivity contribution in [1.29, 1.82) is 0 Å². The molecular weight excluding hydrogens is 339 g/mol. The van der Waals surface area contributed by atoms with Crippen LogP contribution in [0.1, 0.15) is 41.6 Å². The summed E-state index contributed by atoms with van der Waals surface area (Å²) in [6.45, 7) is 0.424. The van der Waals surface area contributed by atoms with Gasteiger partial charge in [0.25, 0.3) is 0 Å². The van der Waals surface area contributed by atoms with Crippen molar-refractivity contribution >= 4 is 25.3 Å². The van der Waals surface area contributed by atoms with Crippen LogP contribution in [0.3, 0.4) is 0 Å². The van der Waals surface area contributed by atoms with Crippen molar-refractivity contribution in [2.45, 2.75) is 44.4 Å². The minimum Gasteiger partial charge on any atom is -0.459 e. The number of hydrogen-bond acceptors (Lipinski definition) is 4. The van der Waals surface area contributed by atoms with Crippen LogP contribution in [-0.4, -0.2) is 31.8 Å². The van der Waals surface area contributed by atoms with Gasteiger partial charge in [0.15, 0.2) is 5.81 Å². The molecule has 27 heavy (non-hydrogen) atoms. The number of ether oxygens (including phenoxy) is 1. The molecule has 3 rings (SSSR count). The van der Waals surface area contributed by atoms with E-state index in [2.05, 4.69) is 10.6 Å². The molecule has 1 aliphatic carbocycles. The molecule has 5 nitrogen and oxygen atoms in total. The first-order valence-corrected chi connectivity index (χ1v) is 9.25. The summed E-state index contributed by atoms with van der Waals surface area (Å²) in [6, 6.07) is 17.4. The zero-order valence-electron chi connectivity index (χ0n) is 15.2. The van der Waals surface area contributed by atoms with E-state index in [1.54, 1.807) is 12.1 Å². The summed E-state index contributed by atoms with van der Waals surface area (Å²) in [6.07, 6.45) is 3.61. The van der Waals surface area contributed by atoms with E-state index in [9.17, 15) is 9.59 Å². The molecule has 2 aromatic rings. The Hall–Kier alpha value is -2.76. The van der Waals surface area contributed by atoms with Gasteiger partial charge in [-0.2, -0.15) is 0 Å². The number of nitrogens with one attached hydrogen (secondary N) is 2. The summed E-state index contributed by atoms with van der Waals surface area (Å²) >= 11 is 0. The van der Waals surface area contributed by atoms with Gasteiger partial charge in [0.2, 0.25) is 7.85 Å². The molecule has 0 heterocycles. The highest BCUT2D eigenvalue weighted by Crippen LogP contribution is 2.25. The summed E-state index contributed by atoms with van der Waals surface area (Å²) < 4.78 is 5.63. The van der Waals surface area contributed by atoms with Gasteiger partial charge < -0.3 is 15.4 Å². The van der Waals surface area contributed by atoms with Crippen LogP contribution in [0.2, 0.25) is 0 Å². The van der Waals surface area contributed by atoms with Gasteiger partial charge in [0.05, 0.1) is 5.56 Å². The van der Waals surface area contributed by atoms with Gasteiger partial charge in [0, 0.05) is 18.3 Å². The van der Waals surface area contributed by atoms with E-state index in [1.807, 2.05) is 42.5 Å². The molecule has 2 radical (unpaired) electrons. The Bertz CT molecular complexity index is 757. The third-order valence-corrected chi connectivity index (χ3v) is 4.75. The molecular formula is C21H23BN2O3. The van der Waals surface area contributed by atoms with Crippen molar-refractivity contribution in [3.05, 3.63) is 65.7 Å². The van der Waals surface area contributed by atoms with Crippen molar-refractivity contribution in [1.82, 2.24) is 5.32 Å². The molecule has 2 aromatic carbocycles. The lowest BCUT2D eigenvalue weighted by Crippen LogP contribution is -2.31. The first kappa shape index (κ1) is 19.0. The van der Waals surface area contributed by atoms with E-state index < -0.39 is 5.81 Å². The Morgan fingerprint density at radius 3 is 2.26 bits per heavy atom. The van der Waals surface area contributed by atoms with Crippen LogP contribution in [0.5, 0.6) is 0 Å². The number of esters is 1. The topological polar surface area (TPSA) is 67.4 Å². The van der Waals surface area contributed by atoms with Crippen LogP contribution in [0.25, 0.3) is 0 Å². The van der Waals surface area contributed by atoms with E-state index in [0.717, 1.165) is 36.9 Å². The Morgan fingerprint density at radius 2 is 1.63 bits per heavy atom. The van der Waals surface area contributed by atoms with E-state index >= 15 is 0 Å². The van der Waals surface area contributed by atoms with Crippen molar-refractivity contribution in [3.63, 3.8) is 0 Å². The minimum atomic E-state index is -0.526. The first-order valence-electron chi connectivity index (χ1n) is 9.25. The predicted octanol–water partition coefficient (Wildman–Crippen LogP) is 3.64. The number of carbonyl (C=O) groups excluding carboxylic acids is 2. The van der Waals surface area contributed by atoms with Crippen LogP contribution in [0, 0.1) is 0 Å². The van der Waals surface area contributed by atoms with E-state index in [0.29, 0.717) is 18.2 Å². The Labute approximate surface area is 160 Å². The van der Waals surface area contributed by atoms with Crippen LogP contribution < -0.4 is 10.6 Å². The molecule has 138 valence electrons. The van der Waals surface area contributed by atoms with Gasteiger partial charge in [-0.3, -0.25) is 4.79 Å². The van der Waals surface area contributed by atoms with Crippen LogP contribution in [0.15, 0.2) is 54.6 Å². The van der Waals surface area contributed by atoms with Gasteiger partial charge in [0.1, 0.15) is 6.10 Å². The average Bonchev–Trinajstić information content (AvgIpc) is 2.69. The van der Waals surface area contributed by atoms with Crippen LogP contribution in [-0.2, 0) is 11.3 Å². The van der Waals surface area contributed by atoms with Gasteiger partial charge in [-0.05, 0) is 55.5 Å². The Morgan fingerprint density at radius 1 is 0.963 bits per heavy atom. The lowest BCUT2D eigenvalue weighted by Gasteiger charge is -2.29. The molecule has 2 N–H and O–H groups in total. The lowest BCUT2D eigenvalue weighted by molar-refractivity contribution is 0.0202. The molecule has 0 saturated heterocycles. The molecule has 1 aliphatic rings. The van der Waals surface area contributed by atoms with Gasteiger partial charge in [-0.25, -0.2) is 4.79 Å². The number of benzene rings is 2. The molecule has 0 spiro atoms. The normalized spacial score (nSPS) is 19.1.